The molecule has 0 aliphatic rings. The predicted octanol–water partition coefficient (Wildman–Crippen LogP) is 5.16. The number of nitrogens with one attached hydrogen (secondary N) is 1. The minimum absolute atomic E-state index is 0.246. The van der Waals surface area contributed by atoms with Crippen molar-refractivity contribution in [2.45, 2.75) is 6.92 Å². The van der Waals surface area contributed by atoms with Gasteiger partial charge in [0.1, 0.15) is 5.76 Å². The summed E-state index contributed by atoms with van der Waals surface area (Å²) in [5.41, 5.74) is 2.63. The van der Waals surface area contributed by atoms with E-state index in [9.17, 15) is 4.79 Å². The fourth-order valence-electron chi connectivity index (χ4n) is 2.10. The van der Waals surface area contributed by atoms with Gasteiger partial charge < -0.3 is 9.73 Å². The molecule has 0 spiro atoms. The molecule has 0 atom stereocenters. The fraction of sp³-hybridized carbons (Fsp3) is 0.0556. The summed E-state index contributed by atoms with van der Waals surface area (Å²) < 4.78 is 5.61. The number of amides is 1. The predicted molar refractivity (Wildman–Crippen MR) is 88.3 cm³/mol. The molecule has 3 aromatic rings. The van der Waals surface area contributed by atoms with Crippen LogP contribution in [0.5, 0.6) is 0 Å². The van der Waals surface area contributed by atoms with Crippen molar-refractivity contribution >= 4 is 23.2 Å². The molecule has 4 heteroatoms. The van der Waals surface area contributed by atoms with Gasteiger partial charge in [-0.25, -0.2) is 0 Å². The van der Waals surface area contributed by atoms with E-state index in [1.807, 2.05) is 49.4 Å². The molecule has 1 amide bonds. The molecular weight excluding hydrogens is 298 g/mol. The van der Waals surface area contributed by atoms with Crippen LogP contribution in [0.25, 0.3) is 11.3 Å². The molecule has 0 aliphatic heterocycles. The van der Waals surface area contributed by atoms with Crippen molar-refractivity contribution in [3.8, 4) is 11.3 Å². The lowest BCUT2D eigenvalue weighted by molar-refractivity contribution is 0.0997. The maximum atomic E-state index is 12.2. The third-order valence-electron chi connectivity index (χ3n) is 3.28. The van der Waals surface area contributed by atoms with Gasteiger partial charge in [0.25, 0.3) is 5.91 Å². The summed E-state index contributed by atoms with van der Waals surface area (Å²) in [5, 5.41) is 3.38. The van der Waals surface area contributed by atoms with Crippen molar-refractivity contribution < 1.29 is 9.21 Å². The third kappa shape index (κ3) is 3.05. The second-order valence-corrected chi connectivity index (χ2v) is 5.37. The number of rotatable bonds is 3. The van der Waals surface area contributed by atoms with E-state index < -0.39 is 0 Å². The number of halogens is 1. The number of aryl methyl sites for hydroxylation is 1. The van der Waals surface area contributed by atoms with Gasteiger partial charge in [-0.05, 0) is 43.3 Å². The Bertz CT molecular complexity index is 806. The zero-order chi connectivity index (χ0) is 15.5. The van der Waals surface area contributed by atoms with Gasteiger partial charge in [0.2, 0.25) is 0 Å². The summed E-state index contributed by atoms with van der Waals surface area (Å²) in [6.07, 6.45) is 0. The molecule has 110 valence electrons. The van der Waals surface area contributed by atoms with Crippen molar-refractivity contribution in [3.63, 3.8) is 0 Å². The lowest BCUT2D eigenvalue weighted by atomic mass is 10.2. The largest absolute Gasteiger partial charge is 0.451 e. The van der Waals surface area contributed by atoms with Crippen molar-refractivity contribution in [3.05, 3.63) is 77.0 Å². The Morgan fingerprint density at radius 1 is 1.00 bits per heavy atom. The SMILES string of the molecule is Cc1ccc(NC(=O)c2ccc(-c3ccccc3Cl)o2)cc1. The van der Waals surface area contributed by atoms with E-state index in [1.54, 1.807) is 18.2 Å². The van der Waals surface area contributed by atoms with Gasteiger partial charge in [-0.2, -0.15) is 0 Å². The van der Waals surface area contributed by atoms with Crippen molar-refractivity contribution in [1.82, 2.24) is 0 Å². The van der Waals surface area contributed by atoms with Crippen LogP contribution >= 0.6 is 11.6 Å². The number of benzene rings is 2. The van der Waals surface area contributed by atoms with Gasteiger partial charge in [-0.1, -0.05) is 41.4 Å². The molecule has 2 aromatic carbocycles. The van der Waals surface area contributed by atoms with Crippen LogP contribution < -0.4 is 5.32 Å². The molecule has 22 heavy (non-hydrogen) atoms. The molecule has 0 saturated carbocycles. The minimum atomic E-state index is -0.290. The van der Waals surface area contributed by atoms with E-state index in [4.69, 9.17) is 16.0 Å². The number of anilines is 1. The van der Waals surface area contributed by atoms with Crippen LogP contribution in [0.4, 0.5) is 5.69 Å². The Morgan fingerprint density at radius 3 is 2.45 bits per heavy atom. The van der Waals surface area contributed by atoms with Crippen LogP contribution in [0, 0.1) is 6.92 Å². The summed E-state index contributed by atoms with van der Waals surface area (Å²) >= 11 is 6.13. The standard InChI is InChI=1S/C18H14ClNO2/c1-12-6-8-13(9-7-12)20-18(21)17-11-10-16(22-17)14-4-2-3-5-15(14)19/h2-11H,1H3,(H,20,21). The van der Waals surface area contributed by atoms with Gasteiger partial charge in [0.05, 0.1) is 5.02 Å². The third-order valence-corrected chi connectivity index (χ3v) is 3.61. The maximum Gasteiger partial charge on any atom is 0.291 e. The normalized spacial score (nSPS) is 10.5. The topological polar surface area (TPSA) is 42.2 Å². The highest BCUT2D eigenvalue weighted by Gasteiger charge is 2.13. The van der Waals surface area contributed by atoms with Crippen LogP contribution in [0.3, 0.4) is 0 Å². The molecule has 0 bridgehead atoms. The molecule has 0 fully saturated rings. The average Bonchev–Trinajstić information content (AvgIpc) is 3.00. The Kier molecular flexibility index (Phi) is 3.98. The second-order valence-electron chi connectivity index (χ2n) is 4.96. The van der Waals surface area contributed by atoms with E-state index >= 15 is 0 Å². The van der Waals surface area contributed by atoms with E-state index in [2.05, 4.69) is 5.32 Å². The smallest absolute Gasteiger partial charge is 0.291 e. The zero-order valence-electron chi connectivity index (χ0n) is 12.0. The van der Waals surface area contributed by atoms with Crippen molar-refractivity contribution in [2.24, 2.45) is 0 Å². The molecule has 0 aliphatic carbocycles. The van der Waals surface area contributed by atoms with Gasteiger partial charge in [0.15, 0.2) is 5.76 Å². The first-order chi connectivity index (χ1) is 10.6. The van der Waals surface area contributed by atoms with Crippen LogP contribution in [0.1, 0.15) is 16.1 Å². The Hall–Kier alpha value is -2.52. The number of furan rings is 1. The molecule has 0 saturated heterocycles. The number of carbonyl (C=O) groups is 1. The molecule has 0 unspecified atom stereocenters. The molecule has 1 heterocycles. The highest BCUT2D eigenvalue weighted by atomic mass is 35.5. The minimum Gasteiger partial charge on any atom is -0.451 e. The second kappa shape index (κ2) is 6.08. The average molecular weight is 312 g/mol. The lowest BCUT2D eigenvalue weighted by Gasteiger charge is -2.03. The lowest BCUT2D eigenvalue weighted by Crippen LogP contribution is -2.10. The summed E-state index contributed by atoms with van der Waals surface area (Å²) in [4.78, 5) is 12.2. The number of hydrogen-bond acceptors (Lipinski definition) is 2. The van der Waals surface area contributed by atoms with Crippen LogP contribution in [-0.4, -0.2) is 5.91 Å². The first-order valence-corrected chi connectivity index (χ1v) is 7.24. The Morgan fingerprint density at radius 2 is 1.73 bits per heavy atom. The van der Waals surface area contributed by atoms with Crippen LogP contribution in [0.15, 0.2) is 65.1 Å². The van der Waals surface area contributed by atoms with E-state index in [0.29, 0.717) is 10.8 Å². The molecular formula is C18H14ClNO2. The monoisotopic (exact) mass is 311 g/mol. The van der Waals surface area contributed by atoms with Crippen molar-refractivity contribution in [1.29, 1.82) is 0 Å². The van der Waals surface area contributed by atoms with Gasteiger partial charge in [0, 0.05) is 11.3 Å². The van der Waals surface area contributed by atoms with E-state index in [0.717, 1.165) is 16.8 Å². The summed E-state index contributed by atoms with van der Waals surface area (Å²) in [5.74, 6) is 0.525. The van der Waals surface area contributed by atoms with E-state index in [-0.39, 0.29) is 11.7 Å². The summed E-state index contributed by atoms with van der Waals surface area (Å²) in [7, 11) is 0. The Balaban J connectivity index is 1.80. The summed E-state index contributed by atoms with van der Waals surface area (Å²) in [6, 6.07) is 18.3. The quantitative estimate of drug-likeness (QED) is 0.726. The zero-order valence-corrected chi connectivity index (χ0v) is 12.7. The molecule has 0 radical (unpaired) electrons. The molecule has 1 N–H and O–H groups in total. The van der Waals surface area contributed by atoms with Crippen LogP contribution in [-0.2, 0) is 0 Å². The first-order valence-electron chi connectivity index (χ1n) is 6.86. The highest BCUT2D eigenvalue weighted by Crippen LogP contribution is 2.29. The summed E-state index contributed by atoms with van der Waals surface area (Å²) in [6.45, 7) is 1.99. The van der Waals surface area contributed by atoms with E-state index in [1.165, 1.54) is 0 Å². The molecule has 3 nitrogen and oxygen atoms in total. The highest BCUT2D eigenvalue weighted by molar-refractivity contribution is 6.33. The number of hydrogen-bond donors (Lipinski definition) is 1. The maximum absolute atomic E-state index is 12.2. The Labute approximate surface area is 133 Å². The van der Waals surface area contributed by atoms with Gasteiger partial charge in [-0.3, -0.25) is 4.79 Å². The van der Waals surface area contributed by atoms with Gasteiger partial charge in [-0.15, -0.1) is 0 Å². The van der Waals surface area contributed by atoms with Crippen molar-refractivity contribution in [2.75, 3.05) is 5.32 Å². The molecule has 1 aromatic heterocycles. The number of carbonyl (C=O) groups excluding carboxylic acids is 1. The molecule has 3 rings (SSSR count). The van der Waals surface area contributed by atoms with Crippen LogP contribution in [0.2, 0.25) is 5.02 Å². The fourth-order valence-corrected chi connectivity index (χ4v) is 2.32. The first kappa shape index (κ1) is 14.4. The van der Waals surface area contributed by atoms with Gasteiger partial charge >= 0.3 is 0 Å².